The first kappa shape index (κ1) is 11.8. The minimum Gasteiger partial charge on any atom is -0.330 e. The monoisotopic (exact) mass is 174 g/mol. The van der Waals surface area contributed by atoms with Gasteiger partial charge in [-0.25, -0.2) is 0 Å². The normalized spacial score (nSPS) is 14.8. The molecule has 0 heterocycles. The average Bonchev–Trinajstić information content (AvgIpc) is 1.84. The van der Waals surface area contributed by atoms with E-state index in [0.29, 0.717) is 12.3 Å². The van der Waals surface area contributed by atoms with E-state index in [4.69, 9.17) is 22.9 Å². The maximum absolute atomic E-state index is 5.43. The highest BCUT2D eigenvalue weighted by Gasteiger charge is 2.11. The topological polar surface area (TPSA) is 104 Å². The van der Waals surface area contributed by atoms with Crippen molar-refractivity contribution in [1.29, 1.82) is 0 Å². The fourth-order valence-electron chi connectivity index (χ4n) is 1.19. The average molecular weight is 174 g/mol. The molecular weight excluding hydrogens is 152 g/mol. The van der Waals surface area contributed by atoms with Crippen molar-refractivity contribution in [3.63, 3.8) is 0 Å². The number of nitrogens with two attached hydrogens (primary N) is 4. The van der Waals surface area contributed by atoms with Crippen molar-refractivity contribution >= 4 is 0 Å². The van der Waals surface area contributed by atoms with Gasteiger partial charge in [0.25, 0.3) is 0 Å². The Bertz CT molecular complexity index is 108. The SMILES string of the molecule is CC(CCN)CCCC(N)(N)N. The lowest BCUT2D eigenvalue weighted by molar-refractivity contribution is 0.376. The molecule has 0 aromatic carbocycles. The maximum atomic E-state index is 5.43. The first-order chi connectivity index (χ1) is 5.45. The molecular formula is C8H22N4. The zero-order chi connectivity index (χ0) is 9.61. The van der Waals surface area contributed by atoms with Gasteiger partial charge in [-0.05, 0) is 31.7 Å². The summed E-state index contributed by atoms with van der Waals surface area (Å²) in [6, 6.07) is 0. The molecule has 0 aliphatic carbocycles. The molecule has 1 atom stereocenters. The molecule has 0 aromatic heterocycles. The van der Waals surface area contributed by atoms with Crippen molar-refractivity contribution in [2.24, 2.45) is 28.9 Å². The lowest BCUT2D eigenvalue weighted by Gasteiger charge is -2.19. The molecule has 1 unspecified atom stereocenters. The third-order valence-electron chi connectivity index (χ3n) is 1.97. The molecule has 0 fully saturated rings. The van der Waals surface area contributed by atoms with Crippen LogP contribution in [-0.2, 0) is 0 Å². The molecule has 0 radical (unpaired) electrons. The Labute approximate surface area is 74.7 Å². The molecule has 0 saturated heterocycles. The van der Waals surface area contributed by atoms with E-state index in [0.717, 1.165) is 25.8 Å². The zero-order valence-electron chi connectivity index (χ0n) is 7.92. The van der Waals surface area contributed by atoms with E-state index < -0.39 is 5.79 Å². The second-order valence-electron chi connectivity index (χ2n) is 3.69. The summed E-state index contributed by atoms with van der Waals surface area (Å²) in [6.45, 7) is 2.93. The number of rotatable bonds is 6. The van der Waals surface area contributed by atoms with E-state index >= 15 is 0 Å². The van der Waals surface area contributed by atoms with Crippen LogP contribution in [0, 0.1) is 5.92 Å². The van der Waals surface area contributed by atoms with Crippen LogP contribution in [0.2, 0.25) is 0 Å². The van der Waals surface area contributed by atoms with Crippen molar-refractivity contribution in [3.05, 3.63) is 0 Å². The molecule has 0 aromatic rings. The van der Waals surface area contributed by atoms with E-state index in [1.165, 1.54) is 0 Å². The van der Waals surface area contributed by atoms with E-state index in [2.05, 4.69) is 6.92 Å². The summed E-state index contributed by atoms with van der Waals surface area (Å²) in [5.74, 6) is -0.347. The summed E-state index contributed by atoms with van der Waals surface area (Å²) in [5, 5.41) is 0. The molecule has 0 aliphatic rings. The Kier molecular flexibility index (Phi) is 5.41. The van der Waals surface area contributed by atoms with E-state index in [1.807, 2.05) is 0 Å². The Morgan fingerprint density at radius 3 is 2.17 bits per heavy atom. The van der Waals surface area contributed by atoms with E-state index in [-0.39, 0.29) is 0 Å². The van der Waals surface area contributed by atoms with Gasteiger partial charge in [0.1, 0.15) is 5.79 Å². The highest BCUT2D eigenvalue weighted by Crippen LogP contribution is 2.11. The van der Waals surface area contributed by atoms with Crippen molar-refractivity contribution in [2.45, 2.75) is 38.4 Å². The highest BCUT2D eigenvalue weighted by atomic mass is 15.1. The van der Waals surface area contributed by atoms with Gasteiger partial charge in [0.05, 0.1) is 0 Å². The molecule has 4 nitrogen and oxygen atoms in total. The second kappa shape index (κ2) is 5.48. The van der Waals surface area contributed by atoms with Gasteiger partial charge in [-0.15, -0.1) is 0 Å². The fraction of sp³-hybridized carbons (Fsp3) is 1.00. The molecule has 0 aliphatic heterocycles. The van der Waals surface area contributed by atoms with Crippen LogP contribution in [0.5, 0.6) is 0 Å². The predicted molar refractivity (Wildman–Crippen MR) is 52.0 cm³/mol. The van der Waals surface area contributed by atoms with Gasteiger partial charge in [-0.2, -0.15) is 0 Å². The van der Waals surface area contributed by atoms with E-state index in [9.17, 15) is 0 Å². The van der Waals surface area contributed by atoms with Gasteiger partial charge in [-0.3, -0.25) is 0 Å². The third-order valence-corrected chi connectivity index (χ3v) is 1.97. The molecule has 8 N–H and O–H groups in total. The molecule has 0 bridgehead atoms. The smallest absolute Gasteiger partial charge is 0.115 e. The first-order valence-corrected chi connectivity index (χ1v) is 4.52. The summed E-state index contributed by atoms with van der Waals surface area (Å²) in [6.07, 6.45) is 3.81. The molecule has 0 rings (SSSR count). The van der Waals surface area contributed by atoms with Crippen LogP contribution >= 0.6 is 0 Å². The van der Waals surface area contributed by atoms with Gasteiger partial charge in [-0.1, -0.05) is 13.3 Å². The van der Waals surface area contributed by atoms with Gasteiger partial charge in [0.2, 0.25) is 0 Å². The Morgan fingerprint density at radius 1 is 1.17 bits per heavy atom. The Hall–Kier alpha value is -0.160. The first-order valence-electron chi connectivity index (χ1n) is 4.52. The Balaban J connectivity index is 3.31. The molecule has 0 spiro atoms. The van der Waals surface area contributed by atoms with Crippen molar-refractivity contribution in [2.75, 3.05) is 6.54 Å². The molecule has 0 saturated carbocycles. The third kappa shape index (κ3) is 7.94. The van der Waals surface area contributed by atoms with Crippen LogP contribution in [0.15, 0.2) is 0 Å². The van der Waals surface area contributed by atoms with Crippen LogP contribution in [-0.4, -0.2) is 12.3 Å². The van der Waals surface area contributed by atoms with Crippen LogP contribution in [0.4, 0.5) is 0 Å². The minimum absolute atomic E-state index is 0.650. The minimum atomic E-state index is -0.998. The number of hydrogen-bond donors (Lipinski definition) is 4. The standard InChI is InChI=1S/C8H22N4/c1-7(4-6-9)3-2-5-8(10,11)12/h7H,2-6,9-12H2,1H3. The summed E-state index contributed by atoms with van der Waals surface area (Å²) in [4.78, 5) is 0. The lowest BCUT2D eigenvalue weighted by atomic mass is 9.99. The predicted octanol–water partition coefficient (Wildman–Crippen LogP) is -0.328. The van der Waals surface area contributed by atoms with Crippen LogP contribution in [0.3, 0.4) is 0 Å². The quantitative estimate of drug-likeness (QED) is 0.414. The second-order valence-corrected chi connectivity index (χ2v) is 3.69. The molecule has 0 amide bonds. The van der Waals surface area contributed by atoms with Crippen molar-refractivity contribution in [1.82, 2.24) is 0 Å². The Morgan fingerprint density at radius 2 is 1.75 bits per heavy atom. The largest absolute Gasteiger partial charge is 0.330 e. The molecule has 12 heavy (non-hydrogen) atoms. The molecule has 4 heteroatoms. The van der Waals surface area contributed by atoms with Crippen molar-refractivity contribution in [3.8, 4) is 0 Å². The van der Waals surface area contributed by atoms with Crippen LogP contribution in [0.1, 0.15) is 32.6 Å². The molecule has 74 valence electrons. The van der Waals surface area contributed by atoms with Crippen LogP contribution in [0.25, 0.3) is 0 Å². The summed E-state index contributed by atoms with van der Waals surface area (Å²) in [7, 11) is 0. The summed E-state index contributed by atoms with van der Waals surface area (Å²) < 4.78 is 0. The van der Waals surface area contributed by atoms with Gasteiger partial charge in [0, 0.05) is 0 Å². The zero-order valence-corrected chi connectivity index (χ0v) is 7.92. The van der Waals surface area contributed by atoms with Gasteiger partial charge < -0.3 is 22.9 Å². The summed E-state index contributed by atoms with van der Waals surface area (Å²) >= 11 is 0. The van der Waals surface area contributed by atoms with Crippen molar-refractivity contribution < 1.29 is 0 Å². The van der Waals surface area contributed by atoms with E-state index in [1.54, 1.807) is 0 Å². The number of hydrogen-bond acceptors (Lipinski definition) is 4. The summed E-state index contributed by atoms with van der Waals surface area (Å²) in [5.41, 5.74) is 21.7. The van der Waals surface area contributed by atoms with Crippen LogP contribution < -0.4 is 22.9 Å². The van der Waals surface area contributed by atoms with Gasteiger partial charge in [0.15, 0.2) is 0 Å². The fourth-order valence-corrected chi connectivity index (χ4v) is 1.19. The highest BCUT2D eigenvalue weighted by molar-refractivity contribution is 4.68. The van der Waals surface area contributed by atoms with Gasteiger partial charge >= 0.3 is 0 Å². The maximum Gasteiger partial charge on any atom is 0.115 e. The lowest BCUT2D eigenvalue weighted by Crippen LogP contribution is -2.57.